The quantitative estimate of drug-likeness (QED) is 0.660. The zero-order valence-corrected chi connectivity index (χ0v) is 8.03. The summed E-state index contributed by atoms with van der Waals surface area (Å²) in [5.74, 6) is -0.527. The lowest BCUT2D eigenvalue weighted by molar-refractivity contribution is 0.0995. The van der Waals surface area contributed by atoms with Crippen molar-refractivity contribution in [2.45, 2.75) is 20.8 Å². The van der Waals surface area contributed by atoms with Crippen LogP contribution in [0.4, 0.5) is 5.95 Å². The van der Waals surface area contributed by atoms with Crippen molar-refractivity contribution in [1.29, 1.82) is 0 Å². The second-order valence-electron chi connectivity index (χ2n) is 2.12. The molecule has 0 saturated heterocycles. The van der Waals surface area contributed by atoms with Gasteiger partial charge in [-0.3, -0.25) is 4.79 Å². The van der Waals surface area contributed by atoms with Gasteiger partial charge in [0.25, 0.3) is 5.91 Å². The second kappa shape index (κ2) is 5.08. The molecule has 1 aromatic rings. The van der Waals surface area contributed by atoms with Gasteiger partial charge in [-0.05, 0) is 13.0 Å². The molecule has 0 fully saturated rings. The fraction of sp³-hybridized carbons (Fsp3) is 0.375. The van der Waals surface area contributed by atoms with Crippen LogP contribution in [0.15, 0.2) is 6.07 Å². The van der Waals surface area contributed by atoms with E-state index < -0.39 is 5.91 Å². The molecule has 0 spiro atoms. The zero-order chi connectivity index (χ0) is 10.4. The maximum absolute atomic E-state index is 10.6. The van der Waals surface area contributed by atoms with Crippen LogP contribution in [0, 0.1) is 6.92 Å². The van der Waals surface area contributed by atoms with E-state index in [4.69, 9.17) is 11.5 Å². The SMILES string of the molecule is CC.Cc1cc(C(N)=O)nc(N)n1. The van der Waals surface area contributed by atoms with E-state index in [1.165, 1.54) is 6.07 Å². The number of hydrogen-bond acceptors (Lipinski definition) is 4. The molecular formula is C8H14N4O. The molecule has 4 N–H and O–H groups in total. The number of anilines is 1. The molecule has 72 valence electrons. The molecule has 0 aliphatic carbocycles. The lowest BCUT2D eigenvalue weighted by Crippen LogP contribution is -2.15. The lowest BCUT2D eigenvalue weighted by atomic mass is 10.3. The van der Waals surface area contributed by atoms with Gasteiger partial charge in [0.05, 0.1) is 0 Å². The largest absolute Gasteiger partial charge is 0.368 e. The monoisotopic (exact) mass is 182 g/mol. The van der Waals surface area contributed by atoms with Gasteiger partial charge >= 0.3 is 0 Å². The minimum Gasteiger partial charge on any atom is -0.368 e. The fourth-order valence-electron chi connectivity index (χ4n) is 0.718. The maximum atomic E-state index is 10.6. The predicted molar refractivity (Wildman–Crippen MR) is 51.0 cm³/mol. The number of rotatable bonds is 1. The number of nitrogen functional groups attached to an aromatic ring is 1. The van der Waals surface area contributed by atoms with Crippen LogP contribution in [0.5, 0.6) is 0 Å². The summed E-state index contributed by atoms with van der Waals surface area (Å²) >= 11 is 0. The van der Waals surface area contributed by atoms with Crippen molar-refractivity contribution in [1.82, 2.24) is 9.97 Å². The molecule has 0 saturated carbocycles. The molecule has 0 unspecified atom stereocenters. The smallest absolute Gasteiger partial charge is 0.267 e. The molecule has 0 atom stereocenters. The van der Waals surface area contributed by atoms with Crippen molar-refractivity contribution >= 4 is 11.9 Å². The van der Waals surface area contributed by atoms with Crippen LogP contribution < -0.4 is 11.5 Å². The van der Waals surface area contributed by atoms with Crippen molar-refractivity contribution in [3.05, 3.63) is 17.5 Å². The minimum atomic E-state index is -0.595. The number of aryl methyl sites for hydroxylation is 1. The van der Waals surface area contributed by atoms with Crippen LogP contribution >= 0.6 is 0 Å². The number of primary amides is 1. The third kappa shape index (κ3) is 3.50. The predicted octanol–water partition coefficient (Wildman–Crippen LogP) is 0.492. The van der Waals surface area contributed by atoms with Crippen LogP contribution in [0.25, 0.3) is 0 Å². The van der Waals surface area contributed by atoms with E-state index in [2.05, 4.69) is 9.97 Å². The van der Waals surface area contributed by atoms with Crippen molar-refractivity contribution in [2.75, 3.05) is 5.73 Å². The maximum Gasteiger partial charge on any atom is 0.267 e. The highest BCUT2D eigenvalue weighted by molar-refractivity contribution is 5.91. The normalized spacial score (nSPS) is 8.54. The summed E-state index contributed by atoms with van der Waals surface area (Å²) in [5.41, 5.74) is 11.0. The van der Waals surface area contributed by atoms with Gasteiger partial charge in [-0.25, -0.2) is 9.97 Å². The first-order chi connectivity index (χ1) is 6.09. The Morgan fingerprint density at radius 2 is 1.92 bits per heavy atom. The topological polar surface area (TPSA) is 94.9 Å². The van der Waals surface area contributed by atoms with E-state index >= 15 is 0 Å². The number of nitrogens with two attached hydrogens (primary N) is 2. The Morgan fingerprint density at radius 1 is 1.38 bits per heavy atom. The summed E-state index contributed by atoms with van der Waals surface area (Å²) in [7, 11) is 0. The van der Waals surface area contributed by atoms with Gasteiger partial charge in [-0.15, -0.1) is 0 Å². The molecule has 0 bridgehead atoms. The highest BCUT2D eigenvalue weighted by atomic mass is 16.1. The molecule has 0 aromatic carbocycles. The lowest BCUT2D eigenvalue weighted by Gasteiger charge is -1.97. The van der Waals surface area contributed by atoms with Crippen molar-refractivity contribution in [3.63, 3.8) is 0 Å². The summed E-state index contributed by atoms with van der Waals surface area (Å²) in [6.45, 7) is 5.71. The summed E-state index contributed by atoms with van der Waals surface area (Å²) in [6, 6.07) is 1.48. The van der Waals surface area contributed by atoms with Gasteiger partial charge in [0.15, 0.2) is 0 Å². The molecule has 0 aliphatic rings. The summed E-state index contributed by atoms with van der Waals surface area (Å²) in [6.07, 6.45) is 0. The first-order valence-corrected chi connectivity index (χ1v) is 4.00. The van der Waals surface area contributed by atoms with Crippen molar-refractivity contribution in [3.8, 4) is 0 Å². The molecule has 1 amide bonds. The van der Waals surface area contributed by atoms with Crippen molar-refractivity contribution in [2.24, 2.45) is 5.73 Å². The van der Waals surface area contributed by atoms with Gasteiger partial charge < -0.3 is 11.5 Å². The van der Waals surface area contributed by atoms with Crippen LogP contribution in [-0.4, -0.2) is 15.9 Å². The molecule has 13 heavy (non-hydrogen) atoms. The highest BCUT2D eigenvalue weighted by Gasteiger charge is 2.03. The Hall–Kier alpha value is -1.65. The van der Waals surface area contributed by atoms with Gasteiger partial charge in [-0.2, -0.15) is 0 Å². The van der Waals surface area contributed by atoms with E-state index in [0.717, 1.165) is 0 Å². The molecular weight excluding hydrogens is 168 g/mol. The third-order valence-corrected chi connectivity index (χ3v) is 1.12. The van der Waals surface area contributed by atoms with E-state index in [9.17, 15) is 4.79 Å². The number of nitrogens with zero attached hydrogens (tertiary/aromatic N) is 2. The van der Waals surface area contributed by atoms with E-state index in [0.29, 0.717) is 5.69 Å². The van der Waals surface area contributed by atoms with E-state index in [1.807, 2.05) is 13.8 Å². The zero-order valence-electron chi connectivity index (χ0n) is 8.03. The molecule has 1 heterocycles. The van der Waals surface area contributed by atoms with Gasteiger partial charge in [-0.1, -0.05) is 13.8 Å². The number of hydrogen-bond donors (Lipinski definition) is 2. The Bertz CT molecular complexity index is 278. The summed E-state index contributed by atoms with van der Waals surface area (Å²) < 4.78 is 0. The first kappa shape index (κ1) is 11.4. The Labute approximate surface area is 77.2 Å². The Balaban J connectivity index is 0.000000671. The molecule has 0 radical (unpaired) electrons. The van der Waals surface area contributed by atoms with Gasteiger partial charge in [0, 0.05) is 5.69 Å². The third-order valence-electron chi connectivity index (χ3n) is 1.12. The van der Waals surface area contributed by atoms with Crippen LogP contribution in [0.3, 0.4) is 0 Å². The Morgan fingerprint density at radius 3 is 2.31 bits per heavy atom. The number of carbonyl (C=O) groups is 1. The first-order valence-electron chi connectivity index (χ1n) is 4.00. The van der Waals surface area contributed by atoms with Gasteiger partial charge in [0.1, 0.15) is 5.69 Å². The van der Waals surface area contributed by atoms with E-state index in [1.54, 1.807) is 6.92 Å². The molecule has 5 heteroatoms. The van der Waals surface area contributed by atoms with Crippen LogP contribution in [0.1, 0.15) is 30.0 Å². The summed E-state index contributed by atoms with van der Waals surface area (Å²) in [5, 5.41) is 0. The number of aromatic nitrogens is 2. The van der Waals surface area contributed by atoms with E-state index in [-0.39, 0.29) is 11.6 Å². The van der Waals surface area contributed by atoms with Gasteiger partial charge in [0.2, 0.25) is 5.95 Å². The highest BCUT2D eigenvalue weighted by Crippen LogP contribution is 1.99. The average molecular weight is 182 g/mol. The number of carbonyl (C=O) groups excluding carboxylic acids is 1. The second-order valence-corrected chi connectivity index (χ2v) is 2.12. The molecule has 5 nitrogen and oxygen atoms in total. The Kier molecular flexibility index (Phi) is 4.43. The number of amides is 1. The average Bonchev–Trinajstić information content (AvgIpc) is 2.06. The van der Waals surface area contributed by atoms with Crippen molar-refractivity contribution < 1.29 is 4.79 Å². The molecule has 1 rings (SSSR count). The molecule has 1 aromatic heterocycles. The molecule has 0 aliphatic heterocycles. The standard InChI is InChI=1S/C6H8N4O.C2H6/c1-3-2-4(5(7)11)10-6(8)9-3;1-2/h2H,1H3,(H2,7,11)(H2,8,9,10);1-2H3. The summed E-state index contributed by atoms with van der Waals surface area (Å²) in [4.78, 5) is 18.0. The minimum absolute atomic E-state index is 0.0683. The van der Waals surface area contributed by atoms with Crippen LogP contribution in [-0.2, 0) is 0 Å². The fourth-order valence-corrected chi connectivity index (χ4v) is 0.718. The van der Waals surface area contributed by atoms with Crippen LogP contribution in [0.2, 0.25) is 0 Å².